The van der Waals surface area contributed by atoms with Crippen LogP contribution >= 0.6 is 0 Å². The zero-order valence-corrected chi connectivity index (χ0v) is 10.5. The molecule has 0 aliphatic carbocycles. The van der Waals surface area contributed by atoms with Gasteiger partial charge in [-0.3, -0.25) is 9.89 Å². The topological polar surface area (TPSA) is 78.0 Å². The van der Waals surface area contributed by atoms with Crippen LogP contribution in [0.5, 0.6) is 0 Å². The first-order valence-corrected chi connectivity index (χ1v) is 5.88. The number of rotatable bonds is 4. The van der Waals surface area contributed by atoms with Gasteiger partial charge in [0.25, 0.3) is 5.91 Å². The zero-order valence-electron chi connectivity index (χ0n) is 10.5. The van der Waals surface area contributed by atoms with E-state index in [1.54, 1.807) is 18.3 Å². The van der Waals surface area contributed by atoms with Crippen LogP contribution in [0.15, 0.2) is 24.4 Å². The van der Waals surface area contributed by atoms with Crippen molar-refractivity contribution in [2.75, 3.05) is 6.61 Å². The quantitative estimate of drug-likeness (QED) is 0.765. The van der Waals surface area contributed by atoms with E-state index in [9.17, 15) is 4.79 Å². The summed E-state index contributed by atoms with van der Waals surface area (Å²) < 4.78 is 0. The monoisotopic (exact) mass is 247 g/mol. The molecule has 5 nitrogen and oxygen atoms in total. The third kappa shape index (κ3) is 2.68. The number of fused-ring (bicyclic) bond motifs is 1. The number of nitrogens with one attached hydrogen (secondary N) is 2. The van der Waals surface area contributed by atoms with Gasteiger partial charge in [-0.2, -0.15) is 5.10 Å². The van der Waals surface area contributed by atoms with Gasteiger partial charge in [-0.05, 0) is 38.5 Å². The molecular formula is C13H17N3O2. The zero-order chi connectivity index (χ0) is 13.2. The number of aromatic amines is 1. The molecule has 1 heterocycles. The Labute approximate surface area is 105 Å². The maximum Gasteiger partial charge on any atom is 0.251 e. The number of hydrogen-bond acceptors (Lipinski definition) is 3. The number of aliphatic hydroxyl groups excluding tert-OH is 1. The molecule has 0 fully saturated rings. The number of aromatic nitrogens is 2. The summed E-state index contributed by atoms with van der Waals surface area (Å²) in [5.74, 6) is -0.142. The molecule has 0 radical (unpaired) electrons. The molecule has 3 N–H and O–H groups in total. The highest BCUT2D eigenvalue weighted by molar-refractivity contribution is 5.98. The average molecular weight is 247 g/mol. The van der Waals surface area contributed by atoms with Crippen LogP contribution in [-0.4, -0.2) is 33.4 Å². The number of hydrogen-bond donors (Lipinski definition) is 3. The predicted octanol–water partition coefficient (Wildman–Crippen LogP) is 1.45. The van der Waals surface area contributed by atoms with Crippen LogP contribution in [0.2, 0.25) is 0 Å². The van der Waals surface area contributed by atoms with E-state index in [-0.39, 0.29) is 12.5 Å². The van der Waals surface area contributed by atoms with Gasteiger partial charge in [0.05, 0.1) is 11.7 Å². The molecule has 5 heteroatoms. The van der Waals surface area contributed by atoms with Gasteiger partial charge in [0.2, 0.25) is 0 Å². The summed E-state index contributed by atoms with van der Waals surface area (Å²) in [7, 11) is 0. The third-order valence-electron chi connectivity index (χ3n) is 2.89. The molecule has 0 spiro atoms. The van der Waals surface area contributed by atoms with Gasteiger partial charge in [-0.15, -0.1) is 0 Å². The molecule has 0 unspecified atom stereocenters. The van der Waals surface area contributed by atoms with Crippen LogP contribution in [-0.2, 0) is 0 Å². The molecule has 2 aromatic rings. The number of H-pyrrole nitrogens is 1. The fraction of sp³-hybridized carbons (Fsp3) is 0.385. The summed E-state index contributed by atoms with van der Waals surface area (Å²) in [4.78, 5) is 12.1. The fourth-order valence-corrected chi connectivity index (χ4v) is 1.81. The van der Waals surface area contributed by atoms with Gasteiger partial charge in [0.15, 0.2) is 0 Å². The molecule has 0 saturated carbocycles. The minimum Gasteiger partial charge on any atom is -0.396 e. The Bertz CT molecular complexity index is 560. The van der Waals surface area contributed by atoms with E-state index < -0.39 is 5.54 Å². The van der Waals surface area contributed by atoms with Gasteiger partial charge in [0.1, 0.15) is 0 Å². The van der Waals surface area contributed by atoms with E-state index in [0.29, 0.717) is 12.0 Å². The molecule has 2 rings (SSSR count). The van der Waals surface area contributed by atoms with Crippen molar-refractivity contribution in [2.45, 2.75) is 25.8 Å². The SMILES string of the molecule is CC(C)(CCO)NC(=O)c1ccc2[nH]ncc2c1. The van der Waals surface area contributed by atoms with Crippen molar-refractivity contribution < 1.29 is 9.90 Å². The summed E-state index contributed by atoms with van der Waals surface area (Å²) >= 11 is 0. The molecule has 0 aliphatic rings. The van der Waals surface area contributed by atoms with Crippen molar-refractivity contribution in [2.24, 2.45) is 0 Å². The van der Waals surface area contributed by atoms with E-state index in [1.165, 1.54) is 0 Å². The first-order chi connectivity index (χ1) is 8.52. The average Bonchev–Trinajstić information content (AvgIpc) is 2.74. The number of aliphatic hydroxyl groups is 1. The number of nitrogens with zero attached hydrogens (tertiary/aromatic N) is 1. The van der Waals surface area contributed by atoms with Crippen LogP contribution < -0.4 is 5.32 Å². The summed E-state index contributed by atoms with van der Waals surface area (Å²) in [6, 6.07) is 5.38. The molecular weight excluding hydrogens is 230 g/mol. The lowest BCUT2D eigenvalue weighted by atomic mass is 10.0. The Kier molecular flexibility index (Phi) is 3.34. The molecule has 0 bridgehead atoms. The molecule has 1 aromatic carbocycles. The maximum atomic E-state index is 12.1. The second kappa shape index (κ2) is 4.78. The molecule has 96 valence electrons. The van der Waals surface area contributed by atoms with Gasteiger partial charge >= 0.3 is 0 Å². The molecule has 0 saturated heterocycles. The van der Waals surface area contributed by atoms with Gasteiger partial charge in [-0.1, -0.05) is 0 Å². The van der Waals surface area contributed by atoms with Crippen LogP contribution in [0.1, 0.15) is 30.6 Å². The van der Waals surface area contributed by atoms with Crippen LogP contribution in [0.4, 0.5) is 0 Å². The Balaban J connectivity index is 2.17. The van der Waals surface area contributed by atoms with E-state index in [2.05, 4.69) is 15.5 Å². The third-order valence-corrected chi connectivity index (χ3v) is 2.89. The van der Waals surface area contributed by atoms with E-state index >= 15 is 0 Å². The van der Waals surface area contributed by atoms with E-state index in [0.717, 1.165) is 10.9 Å². The molecule has 18 heavy (non-hydrogen) atoms. The van der Waals surface area contributed by atoms with E-state index in [4.69, 9.17) is 5.11 Å². The molecule has 1 aromatic heterocycles. The van der Waals surface area contributed by atoms with Crippen LogP contribution in [0, 0.1) is 0 Å². The normalized spacial score (nSPS) is 11.7. The minimum atomic E-state index is -0.419. The summed E-state index contributed by atoms with van der Waals surface area (Å²) in [6.07, 6.45) is 2.21. The number of amides is 1. The Morgan fingerprint density at radius 1 is 1.50 bits per heavy atom. The van der Waals surface area contributed by atoms with E-state index in [1.807, 2.05) is 19.9 Å². The second-order valence-electron chi connectivity index (χ2n) is 4.98. The Morgan fingerprint density at radius 2 is 2.28 bits per heavy atom. The fourth-order valence-electron chi connectivity index (χ4n) is 1.81. The number of carbonyl (C=O) groups is 1. The highest BCUT2D eigenvalue weighted by Crippen LogP contribution is 2.14. The van der Waals surface area contributed by atoms with Gasteiger partial charge < -0.3 is 10.4 Å². The van der Waals surface area contributed by atoms with Crippen molar-refractivity contribution in [3.05, 3.63) is 30.0 Å². The summed E-state index contributed by atoms with van der Waals surface area (Å²) in [6.45, 7) is 3.82. The molecule has 0 atom stereocenters. The Hall–Kier alpha value is -1.88. The first kappa shape index (κ1) is 12.6. The highest BCUT2D eigenvalue weighted by Gasteiger charge is 2.20. The largest absolute Gasteiger partial charge is 0.396 e. The second-order valence-corrected chi connectivity index (χ2v) is 4.98. The number of benzene rings is 1. The lowest BCUT2D eigenvalue weighted by Crippen LogP contribution is -2.44. The van der Waals surface area contributed by atoms with Crippen LogP contribution in [0.25, 0.3) is 10.9 Å². The molecule has 0 aliphatic heterocycles. The lowest BCUT2D eigenvalue weighted by molar-refractivity contribution is 0.0899. The van der Waals surface area contributed by atoms with Gasteiger partial charge in [0, 0.05) is 23.1 Å². The van der Waals surface area contributed by atoms with Crippen LogP contribution in [0.3, 0.4) is 0 Å². The lowest BCUT2D eigenvalue weighted by Gasteiger charge is -2.25. The van der Waals surface area contributed by atoms with Crippen molar-refractivity contribution in [1.82, 2.24) is 15.5 Å². The van der Waals surface area contributed by atoms with Crippen molar-refractivity contribution in [1.29, 1.82) is 0 Å². The standard InChI is InChI=1S/C13H17N3O2/c1-13(2,5-6-17)15-12(18)9-3-4-11-10(7-9)8-14-16-11/h3-4,7-8,17H,5-6H2,1-2H3,(H,14,16)(H,15,18). The highest BCUT2D eigenvalue weighted by atomic mass is 16.3. The van der Waals surface area contributed by atoms with Crippen molar-refractivity contribution in [3.63, 3.8) is 0 Å². The predicted molar refractivity (Wildman–Crippen MR) is 69.3 cm³/mol. The van der Waals surface area contributed by atoms with Gasteiger partial charge in [-0.25, -0.2) is 0 Å². The summed E-state index contributed by atoms with van der Waals surface area (Å²) in [5, 5.41) is 19.5. The first-order valence-electron chi connectivity index (χ1n) is 5.88. The smallest absolute Gasteiger partial charge is 0.251 e. The Morgan fingerprint density at radius 3 is 3.00 bits per heavy atom. The summed E-state index contributed by atoms with van der Waals surface area (Å²) in [5.41, 5.74) is 1.08. The minimum absolute atomic E-state index is 0.0496. The van der Waals surface area contributed by atoms with Crippen molar-refractivity contribution in [3.8, 4) is 0 Å². The number of carbonyl (C=O) groups excluding carboxylic acids is 1. The maximum absolute atomic E-state index is 12.1. The van der Waals surface area contributed by atoms with Crippen molar-refractivity contribution >= 4 is 16.8 Å². The molecule has 1 amide bonds.